The predicted octanol–water partition coefficient (Wildman–Crippen LogP) is 4.09. The summed E-state index contributed by atoms with van der Waals surface area (Å²) in [6.07, 6.45) is 0.980. The van der Waals surface area contributed by atoms with Gasteiger partial charge in [0.1, 0.15) is 16.5 Å². The molecule has 6 heteroatoms. The fourth-order valence-corrected chi connectivity index (χ4v) is 3.30. The first-order chi connectivity index (χ1) is 11.1. The zero-order valence-electron chi connectivity index (χ0n) is 13.2. The maximum Gasteiger partial charge on any atom is 0.337 e. The highest BCUT2D eigenvalue weighted by molar-refractivity contribution is 7.18. The average molecular weight is 327 g/mol. The second-order valence-corrected chi connectivity index (χ2v) is 6.21. The first-order valence-corrected chi connectivity index (χ1v) is 8.15. The Balaban J connectivity index is 1.94. The van der Waals surface area contributed by atoms with E-state index in [2.05, 4.69) is 28.3 Å². The summed E-state index contributed by atoms with van der Waals surface area (Å²) in [6, 6.07) is 9.25. The molecule has 5 nitrogen and oxygen atoms in total. The van der Waals surface area contributed by atoms with E-state index in [0.29, 0.717) is 5.56 Å². The number of hydrogen-bond acceptors (Lipinski definition) is 6. The Morgan fingerprint density at radius 3 is 2.65 bits per heavy atom. The molecule has 0 aliphatic carbocycles. The zero-order valence-corrected chi connectivity index (χ0v) is 14.0. The number of aryl methyl sites for hydroxylation is 2. The van der Waals surface area contributed by atoms with Crippen molar-refractivity contribution >= 4 is 39.0 Å². The van der Waals surface area contributed by atoms with E-state index in [9.17, 15) is 4.79 Å². The minimum Gasteiger partial charge on any atom is -0.465 e. The van der Waals surface area contributed by atoms with E-state index < -0.39 is 0 Å². The maximum atomic E-state index is 11.5. The average Bonchev–Trinajstić information content (AvgIpc) is 2.98. The van der Waals surface area contributed by atoms with E-state index in [1.54, 1.807) is 23.5 Å². The molecule has 0 aliphatic heterocycles. The summed E-state index contributed by atoms with van der Waals surface area (Å²) in [5.41, 5.74) is 1.38. The molecule has 3 rings (SSSR count). The summed E-state index contributed by atoms with van der Waals surface area (Å²) in [4.78, 5) is 22.8. The number of rotatable bonds is 4. The molecule has 0 bridgehead atoms. The van der Waals surface area contributed by atoms with Gasteiger partial charge in [-0.1, -0.05) is 6.92 Å². The number of aromatic nitrogens is 2. The number of ether oxygens (including phenoxy) is 1. The Morgan fingerprint density at radius 2 is 2.00 bits per heavy atom. The quantitative estimate of drug-likeness (QED) is 0.731. The van der Waals surface area contributed by atoms with E-state index >= 15 is 0 Å². The van der Waals surface area contributed by atoms with Gasteiger partial charge in [0.15, 0.2) is 0 Å². The second kappa shape index (κ2) is 6.34. The first-order valence-electron chi connectivity index (χ1n) is 7.33. The van der Waals surface area contributed by atoms with Gasteiger partial charge in [-0.15, -0.1) is 11.3 Å². The van der Waals surface area contributed by atoms with Crippen LogP contribution in [-0.4, -0.2) is 23.0 Å². The van der Waals surface area contributed by atoms with Crippen LogP contribution >= 0.6 is 11.3 Å². The summed E-state index contributed by atoms with van der Waals surface area (Å²) < 4.78 is 4.70. The molecule has 1 N–H and O–H groups in total. The Kier molecular flexibility index (Phi) is 4.25. The van der Waals surface area contributed by atoms with Crippen LogP contribution in [0.4, 0.5) is 11.5 Å². The molecule has 3 aromatic rings. The molecule has 0 radical (unpaired) electrons. The first kappa shape index (κ1) is 15.4. The smallest absolute Gasteiger partial charge is 0.337 e. The lowest BCUT2D eigenvalue weighted by atomic mass is 10.2. The summed E-state index contributed by atoms with van der Waals surface area (Å²) in [5.74, 6) is 1.17. The molecule has 23 heavy (non-hydrogen) atoms. The summed E-state index contributed by atoms with van der Waals surface area (Å²) in [5, 5.41) is 4.34. The van der Waals surface area contributed by atoms with Crippen LogP contribution in [0, 0.1) is 6.92 Å². The van der Waals surface area contributed by atoms with Gasteiger partial charge in [-0.25, -0.2) is 14.8 Å². The van der Waals surface area contributed by atoms with Crippen molar-refractivity contribution in [3.63, 3.8) is 0 Å². The van der Waals surface area contributed by atoms with Gasteiger partial charge in [-0.05, 0) is 43.7 Å². The van der Waals surface area contributed by atoms with Gasteiger partial charge in [0.2, 0.25) is 0 Å². The molecule has 0 aliphatic rings. The van der Waals surface area contributed by atoms with E-state index in [1.807, 2.05) is 19.1 Å². The number of thiophene rings is 1. The highest BCUT2D eigenvalue weighted by Gasteiger charge is 2.11. The second-order valence-electron chi connectivity index (χ2n) is 5.10. The minimum atomic E-state index is -0.345. The van der Waals surface area contributed by atoms with Crippen molar-refractivity contribution in [2.24, 2.45) is 0 Å². The third-order valence-corrected chi connectivity index (χ3v) is 4.65. The molecule has 0 spiro atoms. The highest BCUT2D eigenvalue weighted by atomic mass is 32.1. The Labute approximate surface area is 138 Å². The number of nitrogens with one attached hydrogen (secondary N) is 1. The molecule has 118 valence electrons. The van der Waals surface area contributed by atoms with E-state index in [0.717, 1.165) is 34.0 Å². The van der Waals surface area contributed by atoms with E-state index in [-0.39, 0.29) is 5.97 Å². The molecule has 0 atom stereocenters. The van der Waals surface area contributed by atoms with E-state index in [4.69, 9.17) is 4.74 Å². The SMILES string of the molecule is CCc1cc2c(Nc3ccc(C(=O)OC)cc3)nc(C)nc2s1. The van der Waals surface area contributed by atoms with Gasteiger partial charge in [-0.2, -0.15) is 0 Å². The molecule has 0 unspecified atom stereocenters. The van der Waals surface area contributed by atoms with Crippen molar-refractivity contribution in [3.05, 3.63) is 46.6 Å². The number of esters is 1. The van der Waals surface area contributed by atoms with Gasteiger partial charge < -0.3 is 10.1 Å². The standard InChI is InChI=1S/C17H17N3O2S/c1-4-13-9-14-15(18-10(2)19-16(14)23-13)20-12-7-5-11(6-8-12)17(21)22-3/h5-9H,4H2,1-3H3,(H,18,19,20). The van der Waals surface area contributed by atoms with Gasteiger partial charge in [-0.3, -0.25) is 0 Å². The van der Waals surface area contributed by atoms with Crippen molar-refractivity contribution in [2.45, 2.75) is 20.3 Å². The van der Waals surface area contributed by atoms with Crippen LogP contribution in [-0.2, 0) is 11.2 Å². The Bertz CT molecular complexity index is 856. The monoisotopic (exact) mass is 327 g/mol. The van der Waals surface area contributed by atoms with Crippen molar-refractivity contribution in [1.82, 2.24) is 9.97 Å². The molecule has 2 aromatic heterocycles. The molecule has 0 saturated heterocycles. The van der Waals surface area contributed by atoms with Crippen molar-refractivity contribution in [2.75, 3.05) is 12.4 Å². The van der Waals surface area contributed by atoms with Crippen LogP contribution in [0.25, 0.3) is 10.2 Å². The van der Waals surface area contributed by atoms with Crippen LogP contribution < -0.4 is 5.32 Å². The minimum absolute atomic E-state index is 0.345. The molecular weight excluding hydrogens is 310 g/mol. The lowest BCUT2D eigenvalue weighted by molar-refractivity contribution is 0.0601. The van der Waals surface area contributed by atoms with E-state index in [1.165, 1.54) is 12.0 Å². The van der Waals surface area contributed by atoms with Crippen molar-refractivity contribution in [3.8, 4) is 0 Å². The molecule has 0 amide bonds. The summed E-state index contributed by atoms with van der Waals surface area (Å²) in [6.45, 7) is 4.01. The highest BCUT2D eigenvalue weighted by Crippen LogP contribution is 2.31. The molecule has 1 aromatic carbocycles. The topological polar surface area (TPSA) is 64.1 Å². The normalized spacial score (nSPS) is 10.7. The third kappa shape index (κ3) is 3.17. The van der Waals surface area contributed by atoms with Crippen LogP contribution in [0.5, 0.6) is 0 Å². The predicted molar refractivity (Wildman–Crippen MR) is 92.6 cm³/mol. The van der Waals surface area contributed by atoms with Gasteiger partial charge in [0.05, 0.1) is 18.1 Å². The lowest BCUT2D eigenvalue weighted by Gasteiger charge is -2.08. The maximum absolute atomic E-state index is 11.5. The number of benzene rings is 1. The van der Waals surface area contributed by atoms with Gasteiger partial charge in [0.25, 0.3) is 0 Å². The number of carbonyl (C=O) groups excluding carboxylic acids is 1. The summed E-state index contributed by atoms with van der Waals surface area (Å²) >= 11 is 1.69. The van der Waals surface area contributed by atoms with Crippen LogP contribution in [0.3, 0.4) is 0 Å². The number of methoxy groups -OCH3 is 1. The van der Waals surface area contributed by atoms with Crippen LogP contribution in [0.1, 0.15) is 28.0 Å². The van der Waals surface area contributed by atoms with Crippen LogP contribution in [0.15, 0.2) is 30.3 Å². The van der Waals surface area contributed by atoms with Gasteiger partial charge >= 0.3 is 5.97 Å². The molecule has 0 fully saturated rings. The zero-order chi connectivity index (χ0) is 16.4. The third-order valence-electron chi connectivity index (χ3n) is 3.47. The fourth-order valence-electron chi connectivity index (χ4n) is 2.29. The largest absolute Gasteiger partial charge is 0.465 e. The Morgan fingerprint density at radius 1 is 1.26 bits per heavy atom. The number of hydrogen-bond donors (Lipinski definition) is 1. The molecule has 0 saturated carbocycles. The number of carbonyl (C=O) groups is 1. The van der Waals surface area contributed by atoms with Crippen LogP contribution in [0.2, 0.25) is 0 Å². The Hall–Kier alpha value is -2.47. The summed E-state index contributed by atoms with van der Waals surface area (Å²) in [7, 11) is 1.37. The fraction of sp³-hybridized carbons (Fsp3) is 0.235. The molecular formula is C17H17N3O2S. The number of anilines is 2. The molecule has 2 heterocycles. The van der Waals surface area contributed by atoms with Crippen molar-refractivity contribution < 1.29 is 9.53 Å². The number of nitrogens with zero attached hydrogens (tertiary/aromatic N) is 2. The van der Waals surface area contributed by atoms with Crippen molar-refractivity contribution in [1.29, 1.82) is 0 Å². The lowest BCUT2D eigenvalue weighted by Crippen LogP contribution is -2.01. The number of fused-ring (bicyclic) bond motifs is 1. The van der Waals surface area contributed by atoms with Gasteiger partial charge in [0, 0.05) is 10.6 Å².